The lowest BCUT2D eigenvalue weighted by Gasteiger charge is -2.17. The Morgan fingerprint density at radius 3 is 2.91 bits per heavy atom. The Labute approximate surface area is 137 Å². The molecule has 2 aliphatic rings. The van der Waals surface area contributed by atoms with E-state index in [2.05, 4.69) is 17.6 Å². The van der Waals surface area contributed by atoms with Gasteiger partial charge in [0, 0.05) is 25.1 Å². The van der Waals surface area contributed by atoms with Crippen LogP contribution >= 0.6 is 0 Å². The zero-order valence-electron chi connectivity index (χ0n) is 13.8. The van der Waals surface area contributed by atoms with E-state index in [1.54, 1.807) is 12.1 Å². The first-order valence-corrected chi connectivity index (χ1v) is 8.62. The van der Waals surface area contributed by atoms with Gasteiger partial charge in [0.2, 0.25) is 0 Å². The van der Waals surface area contributed by atoms with E-state index >= 15 is 0 Å². The number of benzene rings is 1. The van der Waals surface area contributed by atoms with Gasteiger partial charge in [-0.2, -0.15) is 0 Å². The van der Waals surface area contributed by atoms with Crippen molar-refractivity contribution in [2.24, 2.45) is 4.99 Å². The molecule has 1 atom stereocenters. The van der Waals surface area contributed by atoms with Crippen molar-refractivity contribution >= 4 is 5.96 Å². The first kappa shape index (κ1) is 16.2. The van der Waals surface area contributed by atoms with Crippen LogP contribution in [0.5, 0.6) is 0 Å². The summed E-state index contributed by atoms with van der Waals surface area (Å²) in [6.07, 6.45) is 4.69. The average molecular weight is 319 g/mol. The number of guanidine groups is 1. The summed E-state index contributed by atoms with van der Waals surface area (Å²) in [6, 6.07) is 6.94. The fourth-order valence-electron chi connectivity index (χ4n) is 3.10. The smallest absolute Gasteiger partial charge is 0.191 e. The van der Waals surface area contributed by atoms with E-state index in [1.165, 1.54) is 6.07 Å². The number of nitrogens with one attached hydrogen (secondary N) is 2. The lowest BCUT2D eigenvalue weighted by Crippen LogP contribution is -2.41. The van der Waals surface area contributed by atoms with Crippen molar-refractivity contribution in [3.8, 4) is 0 Å². The van der Waals surface area contributed by atoms with Crippen molar-refractivity contribution in [2.45, 2.75) is 44.1 Å². The van der Waals surface area contributed by atoms with Gasteiger partial charge in [0.25, 0.3) is 0 Å². The first-order chi connectivity index (χ1) is 11.2. The Kier molecular flexibility index (Phi) is 5.16. The fraction of sp³-hybridized carbons (Fsp3) is 0.611. The van der Waals surface area contributed by atoms with Gasteiger partial charge in [0.1, 0.15) is 5.82 Å². The molecular weight excluding hydrogens is 293 g/mol. The van der Waals surface area contributed by atoms with Crippen molar-refractivity contribution in [3.05, 3.63) is 35.6 Å². The number of ether oxygens (including phenoxy) is 1. The van der Waals surface area contributed by atoms with Gasteiger partial charge in [-0.05, 0) is 50.3 Å². The number of nitrogens with zero attached hydrogens (tertiary/aromatic N) is 1. The minimum atomic E-state index is -0.166. The van der Waals surface area contributed by atoms with Gasteiger partial charge in [0.05, 0.1) is 12.6 Å². The molecule has 126 valence electrons. The van der Waals surface area contributed by atoms with Crippen LogP contribution in [0.15, 0.2) is 29.3 Å². The Bertz CT molecular complexity index is 551. The van der Waals surface area contributed by atoms with Gasteiger partial charge in [-0.3, -0.25) is 4.99 Å². The van der Waals surface area contributed by atoms with Gasteiger partial charge in [0.15, 0.2) is 5.96 Å². The second kappa shape index (κ2) is 7.30. The SMILES string of the molecule is CCNC(=NCC1(c2cccc(F)c2)CC1)NCC1CCCO1. The molecule has 3 rings (SSSR count). The van der Waals surface area contributed by atoms with Crippen LogP contribution < -0.4 is 10.6 Å². The molecule has 0 bridgehead atoms. The van der Waals surface area contributed by atoms with Crippen LogP contribution in [0.4, 0.5) is 4.39 Å². The largest absolute Gasteiger partial charge is 0.376 e. The molecule has 23 heavy (non-hydrogen) atoms. The summed E-state index contributed by atoms with van der Waals surface area (Å²) < 4.78 is 19.1. The monoisotopic (exact) mass is 319 g/mol. The van der Waals surface area contributed by atoms with Crippen LogP contribution in [0.1, 0.15) is 38.2 Å². The highest BCUT2D eigenvalue weighted by molar-refractivity contribution is 5.79. The Hall–Kier alpha value is -1.62. The molecule has 2 N–H and O–H groups in total. The van der Waals surface area contributed by atoms with E-state index < -0.39 is 0 Å². The standard InChI is InChI=1S/C18H26FN3O/c1-2-20-17(21-12-16-7-4-10-23-16)22-13-18(8-9-18)14-5-3-6-15(19)11-14/h3,5-6,11,16H,2,4,7-10,12-13H2,1H3,(H2,20,21,22). The van der Waals surface area contributed by atoms with Crippen LogP contribution in [0, 0.1) is 5.82 Å². The Morgan fingerprint density at radius 2 is 2.26 bits per heavy atom. The van der Waals surface area contributed by atoms with Crippen LogP contribution in [0.3, 0.4) is 0 Å². The minimum absolute atomic E-state index is 0.0221. The van der Waals surface area contributed by atoms with Crippen molar-refractivity contribution in [1.29, 1.82) is 0 Å². The second-order valence-corrected chi connectivity index (χ2v) is 6.50. The lowest BCUT2D eigenvalue weighted by atomic mass is 9.96. The molecule has 4 nitrogen and oxygen atoms in total. The maximum absolute atomic E-state index is 13.5. The zero-order valence-corrected chi connectivity index (χ0v) is 13.8. The topological polar surface area (TPSA) is 45.7 Å². The highest BCUT2D eigenvalue weighted by Gasteiger charge is 2.44. The van der Waals surface area contributed by atoms with Crippen LogP contribution in [0.2, 0.25) is 0 Å². The van der Waals surface area contributed by atoms with Crippen molar-refractivity contribution in [3.63, 3.8) is 0 Å². The van der Waals surface area contributed by atoms with E-state index in [-0.39, 0.29) is 17.3 Å². The lowest BCUT2D eigenvalue weighted by molar-refractivity contribution is 0.114. The van der Waals surface area contributed by atoms with Crippen molar-refractivity contribution < 1.29 is 9.13 Å². The summed E-state index contributed by atoms with van der Waals surface area (Å²) >= 11 is 0. The molecule has 1 aromatic carbocycles. The molecule has 0 spiro atoms. The number of hydrogen-bond donors (Lipinski definition) is 2. The Balaban J connectivity index is 1.60. The predicted octanol–water partition coefficient (Wildman–Crippen LogP) is 2.59. The molecule has 1 saturated carbocycles. The number of rotatable bonds is 6. The molecule has 1 unspecified atom stereocenters. The summed E-state index contributed by atoms with van der Waals surface area (Å²) in [5.41, 5.74) is 1.09. The van der Waals surface area contributed by atoms with Crippen LogP contribution in [-0.4, -0.2) is 38.3 Å². The third-order valence-corrected chi connectivity index (χ3v) is 4.70. The first-order valence-electron chi connectivity index (χ1n) is 8.62. The fourth-order valence-corrected chi connectivity index (χ4v) is 3.10. The normalized spacial score (nSPS) is 22.9. The molecule has 1 aromatic rings. The van der Waals surface area contributed by atoms with Crippen molar-refractivity contribution in [1.82, 2.24) is 10.6 Å². The maximum Gasteiger partial charge on any atom is 0.191 e. The van der Waals surface area contributed by atoms with Crippen molar-refractivity contribution in [2.75, 3.05) is 26.2 Å². The van der Waals surface area contributed by atoms with Crippen LogP contribution in [-0.2, 0) is 10.2 Å². The summed E-state index contributed by atoms with van der Waals surface area (Å²) in [4.78, 5) is 4.73. The summed E-state index contributed by atoms with van der Waals surface area (Å²) in [7, 11) is 0. The average Bonchev–Trinajstić information content (AvgIpc) is 3.17. The Morgan fingerprint density at radius 1 is 1.39 bits per heavy atom. The van der Waals surface area contributed by atoms with Gasteiger partial charge >= 0.3 is 0 Å². The molecular formula is C18H26FN3O. The predicted molar refractivity (Wildman–Crippen MR) is 90.3 cm³/mol. The molecule has 2 fully saturated rings. The van der Waals surface area contributed by atoms with Gasteiger partial charge in [-0.25, -0.2) is 4.39 Å². The quantitative estimate of drug-likeness (QED) is 0.626. The molecule has 1 heterocycles. The van der Waals surface area contributed by atoms with E-state index in [9.17, 15) is 4.39 Å². The minimum Gasteiger partial charge on any atom is -0.376 e. The molecule has 1 saturated heterocycles. The molecule has 0 radical (unpaired) electrons. The van der Waals surface area contributed by atoms with Crippen LogP contribution in [0.25, 0.3) is 0 Å². The number of hydrogen-bond acceptors (Lipinski definition) is 2. The third-order valence-electron chi connectivity index (χ3n) is 4.70. The third kappa shape index (κ3) is 4.22. The zero-order chi connectivity index (χ0) is 16.1. The summed E-state index contributed by atoms with van der Waals surface area (Å²) in [5.74, 6) is 0.659. The van der Waals surface area contributed by atoms with E-state index in [0.29, 0.717) is 6.54 Å². The molecule has 1 aliphatic heterocycles. The number of halogens is 1. The van der Waals surface area contributed by atoms with E-state index in [4.69, 9.17) is 9.73 Å². The summed E-state index contributed by atoms with van der Waals surface area (Å²) in [6.45, 7) is 5.23. The molecule has 0 aromatic heterocycles. The van der Waals surface area contributed by atoms with E-state index in [0.717, 1.165) is 56.9 Å². The second-order valence-electron chi connectivity index (χ2n) is 6.50. The molecule has 5 heteroatoms. The number of aliphatic imine (C=N–C) groups is 1. The van der Waals surface area contributed by atoms with Gasteiger partial charge in [-0.15, -0.1) is 0 Å². The maximum atomic E-state index is 13.5. The molecule has 0 amide bonds. The van der Waals surface area contributed by atoms with Gasteiger partial charge < -0.3 is 15.4 Å². The van der Waals surface area contributed by atoms with E-state index in [1.807, 2.05) is 6.07 Å². The molecule has 1 aliphatic carbocycles. The van der Waals surface area contributed by atoms with Gasteiger partial charge in [-0.1, -0.05) is 12.1 Å². The highest BCUT2D eigenvalue weighted by atomic mass is 19.1. The summed E-state index contributed by atoms with van der Waals surface area (Å²) in [5, 5.41) is 6.64. The highest BCUT2D eigenvalue weighted by Crippen LogP contribution is 2.48.